The maximum absolute atomic E-state index is 12.4. The minimum Gasteiger partial charge on any atom is -0.434 e. The number of hydrogen-bond acceptors (Lipinski definition) is 7. The lowest BCUT2D eigenvalue weighted by Crippen LogP contribution is -2.60. The van der Waals surface area contributed by atoms with Crippen LogP contribution in [0.1, 0.15) is 29.5 Å². The highest BCUT2D eigenvalue weighted by molar-refractivity contribution is 6.00. The second-order valence-electron chi connectivity index (χ2n) is 6.71. The van der Waals surface area contributed by atoms with Gasteiger partial charge in [-0.1, -0.05) is 22.3 Å². The zero-order chi connectivity index (χ0) is 18.9. The number of ether oxygens (including phenoxy) is 2. The summed E-state index contributed by atoms with van der Waals surface area (Å²) >= 11 is 0. The fourth-order valence-electron chi connectivity index (χ4n) is 3.38. The Morgan fingerprint density at radius 2 is 1.96 bits per heavy atom. The molecule has 27 heavy (non-hydrogen) atoms. The van der Waals surface area contributed by atoms with Gasteiger partial charge in [0, 0.05) is 24.5 Å². The number of oxime groups is 1. The van der Waals surface area contributed by atoms with Crippen molar-refractivity contribution in [1.82, 2.24) is 10.4 Å². The zero-order valence-corrected chi connectivity index (χ0v) is 15.2. The second kappa shape index (κ2) is 6.96. The summed E-state index contributed by atoms with van der Waals surface area (Å²) in [6.45, 7) is 5.06. The van der Waals surface area contributed by atoms with E-state index < -0.39 is 11.8 Å². The summed E-state index contributed by atoms with van der Waals surface area (Å²) in [5, 5.41) is 5.94. The van der Waals surface area contributed by atoms with E-state index in [1.54, 1.807) is 17.1 Å². The standard InChI is InChI=1S/C19H21N3O5/c1-13-10-14(2)12-15(11-13)17-21-27-19(5-8-24-9-6-19)22(17)20-18(23)26-16-4-3-7-25-16/h3-4,7,10-12H,5-6,8-9H2,1-2H3,(H,20,23). The molecule has 142 valence electrons. The first-order chi connectivity index (χ1) is 13.1. The van der Waals surface area contributed by atoms with Gasteiger partial charge in [0.05, 0.1) is 19.5 Å². The SMILES string of the molecule is Cc1cc(C)cc(C2=NOC3(CCOCC3)N2NC(=O)Oc2ccco2)c1. The van der Waals surface area contributed by atoms with Gasteiger partial charge in [-0.05, 0) is 32.0 Å². The van der Waals surface area contributed by atoms with E-state index in [9.17, 15) is 4.79 Å². The number of furan rings is 1. The third-order valence-electron chi connectivity index (χ3n) is 4.57. The van der Waals surface area contributed by atoms with Crippen molar-refractivity contribution in [3.05, 3.63) is 53.3 Å². The van der Waals surface area contributed by atoms with Crippen LogP contribution < -0.4 is 10.2 Å². The molecular formula is C19H21N3O5. The van der Waals surface area contributed by atoms with Crippen molar-refractivity contribution in [1.29, 1.82) is 0 Å². The van der Waals surface area contributed by atoms with Gasteiger partial charge < -0.3 is 18.7 Å². The summed E-state index contributed by atoms with van der Waals surface area (Å²) in [7, 11) is 0. The molecule has 1 aromatic heterocycles. The number of nitrogens with one attached hydrogen (secondary N) is 1. The molecule has 1 fully saturated rings. The molecule has 2 aromatic rings. The van der Waals surface area contributed by atoms with E-state index in [-0.39, 0.29) is 5.95 Å². The maximum atomic E-state index is 12.4. The fourth-order valence-corrected chi connectivity index (χ4v) is 3.38. The van der Waals surface area contributed by atoms with Crippen molar-refractivity contribution in [2.24, 2.45) is 5.16 Å². The molecule has 1 amide bonds. The van der Waals surface area contributed by atoms with Crippen molar-refractivity contribution < 1.29 is 23.5 Å². The summed E-state index contributed by atoms with van der Waals surface area (Å²) in [5.74, 6) is 0.638. The molecule has 0 radical (unpaired) electrons. The van der Waals surface area contributed by atoms with Gasteiger partial charge in [-0.15, -0.1) is 0 Å². The molecule has 0 aliphatic carbocycles. The molecule has 2 aliphatic rings. The van der Waals surface area contributed by atoms with Gasteiger partial charge in [-0.25, -0.2) is 15.2 Å². The summed E-state index contributed by atoms with van der Waals surface area (Å²) < 4.78 is 15.7. The first kappa shape index (κ1) is 17.4. The van der Waals surface area contributed by atoms with Gasteiger partial charge in [-0.3, -0.25) is 0 Å². The predicted octanol–water partition coefficient (Wildman–Crippen LogP) is 3.10. The molecule has 1 N–H and O–H groups in total. The summed E-state index contributed by atoms with van der Waals surface area (Å²) in [6, 6.07) is 9.28. The summed E-state index contributed by atoms with van der Waals surface area (Å²) in [5.41, 5.74) is 5.02. The molecule has 0 saturated carbocycles. The van der Waals surface area contributed by atoms with Crippen LogP contribution >= 0.6 is 0 Å². The number of benzene rings is 1. The molecule has 8 nitrogen and oxygen atoms in total. The van der Waals surface area contributed by atoms with E-state index >= 15 is 0 Å². The highest BCUT2D eigenvalue weighted by atomic mass is 16.7. The highest BCUT2D eigenvalue weighted by Gasteiger charge is 2.49. The Morgan fingerprint density at radius 1 is 1.22 bits per heavy atom. The quantitative estimate of drug-likeness (QED) is 0.892. The van der Waals surface area contributed by atoms with Crippen LogP contribution in [0, 0.1) is 13.8 Å². The van der Waals surface area contributed by atoms with Crippen molar-refractivity contribution in [3.8, 4) is 5.95 Å². The molecule has 4 rings (SSSR count). The fraction of sp³-hybridized carbons (Fsp3) is 0.368. The Bertz CT molecular complexity index is 836. The topological polar surface area (TPSA) is 85.5 Å². The molecule has 0 atom stereocenters. The Hall–Kier alpha value is -3.00. The van der Waals surface area contributed by atoms with Crippen molar-refractivity contribution in [3.63, 3.8) is 0 Å². The number of hydrazine groups is 1. The molecular weight excluding hydrogens is 350 g/mol. The maximum Gasteiger partial charge on any atom is 0.434 e. The van der Waals surface area contributed by atoms with Gasteiger partial charge in [-0.2, -0.15) is 0 Å². The van der Waals surface area contributed by atoms with Crippen molar-refractivity contribution in [2.45, 2.75) is 32.4 Å². The number of hydrogen-bond donors (Lipinski definition) is 1. The molecule has 3 heterocycles. The van der Waals surface area contributed by atoms with E-state index in [2.05, 4.69) is 16.6 Å². The highest BCUT2D eigenvalue weighted by Crippen LogP contribution is 2.35. The number of carbonyl (C=O) groups excluding carboxylic acids is 1. The Balaban J connectivity index is 1.62. The molecule has 0 bridgehead atoms. The normalized spacial score (nSPS) is 18.1. The van der Waals surface area contributed by atoms with Crippen LogP contribution in [-0.2, 0) is 9.57 Å². The molecule has 8 heteroatoms. The third-order valence-corrected chi connectivity index (χ3v) is 4.57. The largest absolute Gasteiger partial charge is 0.434 e. The average Bonchev–Trinajstić information content (AvgIpc) is 3.24. The monoisotopic (exact) mass is 371 g/mol. The van der Waals surface area contributed by atoms with Gasteiger partial charge >= 0.3 is 6.09 Å². The third kappa shape index (κ3) is 3.48. The number of carbonyl (C=O) groups is 1. The van der Waals surface area contributed by atoms with Gasteiger partial charge in [0.2, 0.25) is 5.72 Å². The van der Waals surface area contributed by atoms with E-state index in [1.165, 1.54) is 6.26 Å². The number of amides is 1. The van der Waals surface area contributed by atoms with Gasteiger partial charge in [0.1, 0.15) is 0 Å². The summed E-state index contributed by atoms with van der Waals surface area (Å²) in [4.78, 5) is 18.2. The van der Waals surface area contributed by atoms with E-state index in [0.29, 0.717) is 31.9 Å². The molecule has 0 unspecified atom stereocenters. The lowest BCUT2D eigenvalue weighted by Gasteiger charge is -2.38. The van der Waals surface area contributed by atoms with Crippen LogP contribution in [0.2, 0.25) is 0 Å². The number of rotatable bonds is 3. The first-order valence-electron chi connectivity index (χ1n) is 8.81. The van der Waals surface area contributed by atoms with Crippen molar-refractivity contribution >= 4 is 11.9 Å². The number of amidine groups is 1. The van der Waals surface area contributed by atoms with Gasteiger partial charge in [0.15, 0.2) is 5.84 Å². The Labute approximate surface area is 156 Å². The zero-order valence-electron chi connectivity index (χ0n) is 15.2. The van der Waals surface area contributed by atoms with E-state index in [1.807, 2.05) is 26.0 Å². The second-order valence-corrected chi connectivity index (χ2v) is 6.71. The molecule has 2 aliphatic heterocycles. The Morgan fingerprint density at radius 3 is 2.63 bits per heavy atom. The smallest absolute Gasteiger partial charge is 0.434 e. The summed E-state index contributed by atoms with van der Waals surface area (Å²) in [6.07, 6.45) is 1.88. The Kier molecular flexibility index (Phi) is 4.49. The van der Waals surface area contributed by atoms with E-state index in [4.69, 9.17) is 18.7 Å². The average molecular weight is 371 g/mol. The van der Waals surface area contributed by atoms with E-state index in [0.717, 1.165) is 16.7 Å². The van der Waals surface area contributed by atoms with Crippen molar-refractivity contribution in [2.75, 3.05) is 13.2 Å². The minimum absolute atomic E-state index is 0.110. The van der Waals surface area contributed by atoms with Crippen LogP contribution in [0.3, 0.4) is 0 Å². The van der Waals surface area contributed by atoms with Crippen LogP contribution in [0.25, 0.3) is 0 Å². The van der Waals surface area contributed by atoms with Gasteiger partial charge in [0.25, 0.3) is 5.95 Å². The molecule has 1 spiro atoms. The molecule has 1 aromatic carbocycles. The predicted molar refractivity (Wildman–Crippen MR) is 96.0 cm³/mol. The van der Waals surface area contributed by atoms with Crippen LogP contribution in [0.15, 0.2) is 46.2 Å². The van der Waals surface area contributed by atoms with Crippen LogP contribution in [-0.4, -0.2) is 35.9 Å². The number of aryl methyl sites for hydroxylation is 2. The lowest BCUT2D eigenvalue weighted by molar-refractivity contribution is -0.164. The van der Waals surface area contributed by atoms with Crippen LogP contribution in [0.4, 0.5) is 4.79 Å². The first-order valence-corrected chi connectivity index (χ1v) is 8.81. The van der Waals surface area contributed by atoms with Crippen LogP contribution in [0.5, 0.6) is 5.95 Å². The number of nitrogens with zero attached hydrogens (tertiary/aromatic N) is 2. The minimum atomic E-state index is -0.798. The lowest BCUT2D eigenvalue weighted by atomic mass is 10.0. The molecule has 1 saturated heterocycles.